The molecule has 0 atom stereocenters. The second-order valence-corrected chi connectivity index (χ2v) is 8.05. The number of hydrogen-bond acceptors (Lipinski definition) is 5. The highest BCUT2D eigenvalue weighted by molar-refractivity contribution is 6.00. The second-order valence-electron chi connectivity index (χ2n) is 8.05. The van der Waals surface area contributed by atoms with Crippen LogP contribution in [-0.2, 0) is 9.53 Å². The van der Waals surface area contributed by atoms with E-state index >= 15 is 0 Å². The van der Waals surface area contributed by atoms with Crippen LogP contribution in [0.3, 0.4) is 0 Å². The first kappa shape index (κ1) is 17.4. The van der Waals surface area contributed by atoms with Crippen molar-refractivity contribution in [3.8, 4) is 11.5 Å². The van der Waals surface area contributed by atoms with Gasteiger partial charge in [0.2, 0.25) is 5.78 Å². The number of methoxy groups -OCH3 is 2. The zero-order valence-corrected chi connectivity index (χ0v) is 15.4. The van der Waals surface area contributed by atoms with Crippen LogP contribution < -0.4 is 9.47 Å². The van der Waals surface area contributed by atoms with Gasteiger partial charge in [0.15, 0.2) is 6.61 Å². The van der Waals surface area contributed by atoms with Gasteiger partial charge in [0, 0.05) is 0 Å². The van der Waals surface area contributed by atoms with E-state index in [1.54, 1.807) is 25.3 Å². The van der Waals surface area contributed by atoms with Gasteiger partial charge in [0.05, 0.1) is 25.7 Å². The maximum Gasteiger partial charge on any atom is 0.309 e. The SMILES string of the molecule is COc1ccc(OC)c(C(=O)COC(=O)C2C3CC4CC(C3)CC2C4)c1. The molecule has 0 N–H and O–H groups in total. The molecule has 4 fully saturated rings. The molecule has 4 aliphatic carbocycles. The average Bonchev–Trinajstić information content (AvgIpc) is 2.64. The van der Waals surface area contributed by atoms with Crippen LogP contribution in [0.4, 0.5) is 0 Å². The maximum atomic E-state index is 12.7. The molecule has 1 aromatic rings. The molecule has 0 amide bonds. The Labute approximate surface area is 154 Å². The summed E-state index contributed by atoms with van der Waals surface area (Å²) in [6, 6.07) is 5.04. The highest BCUT2D eigenvalue weighted by Gasteiger charge is 2.51. The van der Waals surface area contributed by atoms with Crippen molar-refractivity contribution in [3.05, 3.63) is 23.8 Å². The molecule has 1 aromatic carbocycles. The van der Waals surface area contributed by atoms with E-state index in [4.69, 9.17) is 14.2 Å². The Hall–Kier alpha value is -2.04. The quantitative estimate of drug-likeness (QED) is 0.575. The predicted molar refractivity (Wildman–Crippen MR) is 95.4 cm³/mol. The van der Waals surface area contributed by atoms with E-state index in [0.29, 0.717) is 28.9 Å². The number of hydrogen-bond donors (Lipinski definition) is 0. The summed E-state index contributed by atoms with van der Waals surface area (Å²) in [4.78, 5) is 25.3. The predicted octanol–water partition coefficient (Wildman–Crippen LogP) is 3.50. The van der Waals surface area contributed by atoms with Crippen LogP contribution in [0.15, 0.2) is 18.2 Å². The molecular weight excluding hydrogens is 332 g/mol. The lowest BCUT2D eigenvalue weighted by atomic mass is 9.52. The molecule has 4 saturated carbocycles. The number of rotatable bonds is 6. The summed E-state index contributed by atoms with van der Waals surface area (Å²) in [6.07, 6.45) is 5.98. The summed E-state index contributed by atoms with van der Waals surface area (Å²) < 4.78 is 15.9. The Balaban J connectivity index is 1.41. The van der Waals surface area contributed by atoms with Gasteiger partial charge >= 0.3 is 5.97 Å². The summed E-state index contributed by atoms with van der Waals surface area (Å²) in [5.74, 6) is 3.10. The minimum atomic E-state index is -0.266. The van der Waals surface area contributed by atoms with E-state index in [1.165, 1.54) is 13.5 Å². The van der Waals surface area contributed by atoms with E-state index in [2.05, 4.69) is 0 Å². The molecule has 26 heavy (non-hydrogen) atoms. The molecule has 140 valence electrons. The highest BCUT2D eigenvalue weighted by Crippen LogP contribution is 2.56. The molecule has 0 spiro atoms. The summed E-state index contributed by atoms with van der Waals surface area (Å²) in [5.41, 5.74) is 0.379. The molecule has 5 rings (SSSR count). The molecule has 0 heterocycles. The van der Waals surface area contributed by atoms with Crippen molar-refractivity contribution < 1.29 is 23.8 Å². The molecule has 0 saturated heterocycles. The van der Waals surface area contributed by atoms with Crippen molar-refractivity contribution in [1.29, 1.82) is 0 Å². The summed E-state index contributed by atoms with van der Waals surface area (Å²) in [6.45, 7) is -0.245. The molecular formula is C21H26O5. The van der Waals surface area contributed by atoms with Gasteiger partial charge in [-0.25, -0.2) is 0 Å². The zero-order chi connectivity index (χ0) is 18.3. The third-order valence-electron chi connectivity index (χ3n) is 6.55. The molecule has 4 aliphatic rings. The summed E-state index contributed by atoms with van der Waals surface area (Å²) in [5, 5.41) is 0. The third-order valence-corrected chi connectivity index (χ3v) is 6.55. The van der Waals surface area contributed by atoms with Gasteiger partial charge in [-0.05, 0) is 74.0 Å². The van der Waals surface area contributed by atoms with Gasteiger partial charge in [-0.1, -0.05) is 0 Å². The van der Waals surface area contributed by atoms with Crippen LogP contribution in [0.25, 0.3) is 0 Å². The van der Waals surface area contributed by atoms with Gasteiger partial charge in [-0.3, -0.25) is 9.59 Å². The fourth-order valence-corrected chi connectivity index (χ4v) is 5.65. The normalized spacial score (nSPS) is 31.5. The largest absolute Gasteiger partial charge is 0.497 e. The summed E-state index contributed by atoms with van der Waals surface area (Å²) in [7, 11) is 3.06. The summed E-state index contributed by atoms with van der Waals surface area (Å²) >= 11 is 0. The smallest absolute Gasteiger partial charge is 0.309 e. The lowest BCUT2D eigenvalue weighted by Gasteiger charge is -2.53. The van der Waals surface area contributed by atoms with Crippen molar-refractivity contribution >= 4 is 11.8 Å². The van der Waals surface area contributed by atoms with Crippen LogP contribution >= 0.6 is 0 Å². The first-order valence-electron chi connectivity index (χ1n) is 9.51. The lowest BCUT2D eigenvalue weighted by Crippen LogP contribution is -2.48. The zero-order valence-electron chi connectivity index (χ0n) is 15.4. The van der Waals surface area contributed by atoms with Crippen molar-refractivity contribution in [2.75, 3.05) is 20.8 Å². The Morgan fingerprint density at radius 2 is 1.62 bits per heavy atom. The van der Waals surface area contributed by atoms with Gasteiger partial charge in [0.1, 0.15) is 11.5 Å². The van der Waals surface area contributed by atoms with Crippen molar-refractivity contribution in [3.63, 3.8) is 0 Å². The molecule has 4 bridgehead atoms. The second kappa shape index (κ2) is 6.93. The van der Waals surface area contributed by atoms with Crippen molar-refractivity contribution in [2.24, 2.45) is 29.6 Å². The van der Waals surface area contributed by atoms with Crippen LogP contribution in [0, 0.1) is 29.6 Å². The number of esters is 1. The highest BCUT2D eigenvalue weighted by atomic mass is 16.5. The van der Waals surface area contributed by atoms with Crippen LogP contribution in [0.2, 0.25) is 0 Å². The van der Waals surface area contributed by atoms with E-state index in [-0.39, 0.29) is 24.3 Å². The van der Waals surface area contributed by atoms with Crippen LogP contribution in [0.1, 0.15) is 42.5 Å². The van der Waals surface area contributed by atoms with E-state index in [0.717, 1.165) is 37.5 Å². The Bertz CT molecular complexity index is 682. The number of benzene rings is 1. The number of carbonyl (C=O) groups excluding carboxylic acids is 2. The van der Waals surface area contributed by atoms with Crippen LogP contribution in [-0.4, -0.2) is 32.6 Å². The van der Waals surface area contributed by atoms with Crippen molar-refractivity contribution in [2.45, 2.75) is 32.1 Å². The number of carbonyl (C=O) groups is 2. The average molecular weight is 358 g/mol. The van der Waals surface area contributed by atoms with Crippen molar-refractivity contribution in [1.82, 2.24) is 0 Å². The molecule has 0 unspecified atom stereocenters. The Morgan fingerprint density at radius 3 is 2.19 bits per heavy atom. The Kier molecular flexibility index (Phi) is 4.63. The minimum Gasteiger partial charge on any atom is -0.497 e. The molecule has 0 radical (unpaired) electrons. The number of ketones is 1. The monoisotopic (exact) mass is 358 g/mol. The fraction of sp³-hybridized carbons (Fsp3) is 0.619. The standard InChI is InChI=1S/C21H26O5/c1-24-16-3-4-19(25-2)17(10-16)18(22)11-26-21(23)20-14-6-12-5-13(8-14)9-15(20)7-12/h3-4,10,12-15,20H,5-9,11H2,1-2H3. The first-order valence-corrected chi connectivity index (χ1v) is 9.51. The third kappa shape index (κ3) is 3.08. The van der Waals surface area contributed by atoms with Gasteiger partial charge in [-0.2, -0.15) is 0 Å². The topological polar surface area (TPSA) is 61.8 Å². The van der Waals surface area contributed by atoms with E-state index < -0.39 is 0 Å². The molecule has 5 nitrogen and oxygen atoms in total. The number of Topliss-reactive ketones (excluding diaryl/α,β-unsaturated/α-hetero) is 1. The minimum absolute atomic E-state index is 0.0113. The van der Waals surface area contributed by atoms with Gasteiger partial charge < -0.3 is 14.2 Å². The molecule has 0 aliphatic heterocycles. The van der Waals surface area contributed by atoms with E-state index in [9.17, 15) is 9.59 Å². The molecule has 0 aromatic heterocycles. The lowest BCUT2D eigenvalue weighted by molar-refractivity contribution is -0.161. The molecule has 5 heteroatoms. The maximum absolute atomic E-state index is 12.7. The van der Waals surface area contributed by atoms with Crippen LogP contribution in [0.5, 0.6) is 11.5 Å². The van der Waals surface area contributed by atoms with Gasteiger partial charge in [0.25, 0.3) is 0 Å². The first-order chi connectivity index (χ1) is 12.6. The van der Waals surface area contributed by atoms with Gasteiger partial charge in [-0.15, -0.1) is 0 Å². The fourth-order valence-electron chi connectivity index (χ4n) is 5.65. The van der Waals surface area contributed by atoms with E-state index in [1.807, 2.05) is 0 Å². The Morgan fingerprint density at radius 1 is 0.962 bits per heavy atom. The number of ether oxygens (including phenoxy) is 3.